The molecule has 3 N–H and O–H groups in total. The van der Waals surface area contributed by atoms with E-state index >= 15 is 0 Å². The van der Waals surface area contributed by atoms with Crippen molar-refractivity contribution >= 4 is 58.0 Å². The molecule has 0 bridgehead atoms. The molecule has 8 heteroatoms. The Balaban J connectivity index is 1.46. The molecule has 0 spiro atoms. The van der Waals surface area contributed by atoms with Crippen LogP contribution in [0, 0.1) is 6.92 Å². The maximum atomic E-state index is 12.4. The molecular weight excluding hydrogens is 478 g/mol. The first-order chi connectivity index (χ1) is 16.9. The third-order valence-corrected chi connectivity index (χ3v) is 6.10. The van der Waals surface area contributed by atoms with Gasteiger partial charge in [0.05, 0.1) is 17.9 Å². The molecule has 1 amide bonds. The van der Waals surface area contributed by atoms with Gasteiger partial charge in [0.1, 0.15) is 0 Å². The van der Waals surface area contributed by atoms with Gasteiger partial charge in [0.15, 0.2) is 5.11 Å². The van der Waals surface area contributed by atoms with E-state index in [0.717, 1.165) is 29.1 Å². The normalized spacial score (nSPS) is 10.3. The van der Waals surface area contributed by atoms with Crippen LogP contribution in [0.4, 0.5) is 17.1 Å². The highest BCUT2D eigenvalue weighted by molar-refractivity contribution is 8.00. The second-order valence-electron chi connectivity index (χ2n) is 7.88. The van der Waals surface area contributed by atoms with Crippen LogP contribution >= 0.6 is 24.0 Å². The maximum absolute atomic E-state index is 12.4. The van der Waals surface area contributed by atoms with Gasteiger partial charge in [0.25, 0.3) is 0 Å². The van der Waals surface area contributed by atoms with Gasteiger partial charge in [-0.3, -0.25) is 4.79 Å². The second kappa shape index (κ2) is 13.5. The standard InChI is InChI=1S/C27H29N3O3S2/c1-3-4-16-33-26(32)20-10-14-21(15-11-20)28-25(31)18-35-24-7-5-6-23(17-24)30-27(34)29-22-12-8-19(2)9-13-22/h5-15,17H,3-4,16,18H2,1-2H3,(H,28,31)(H2,29,30,34). The number of thioether (sulfide) groups is 1. The van der Waals surface area contributed by atoms with Gasteiger partial charge >= 0.3 is 5.97 Å². The Morgan fingerprint density at radius 1 is 0.886 bits per heavy atom. The number of carbonyl (C=O) groups is 2. The summed E-state index contributed by atoms with van der Waals surface area (Å²) in [5, 5.41) is 9.67. The van der Waals surface area contributed by atoms with Crippen molar-refractivity contribution in [3.05, 3.63) is 83.9 Å². The van der Waals surface area contributed by atoms with Gasteiger partial charge in [-0.25, -0.2) is 4.79 Å². The summed E-state index contributed by atoms with van der Waals surface area (Å²) in [6, 6.07) is 22.4. The van der Waals surface area contributed by atoms with Gasteiger partial charge in [0, 0.05) is 22.0 Å². The van der Waals surface area contributed by atoms with Crippen molar-refractivity contribution in [3.8, 4) is 0 Å². The fourth-order valence-corrected chi connectivity index (χ4v) is 4.01. The predicted molar refractivity (Wildman–Crippen MR) is 148 cm³/mol. The number of anilines is 3. The Hall–Kier alpha value is -3.36. The van der Waals surface area contributed by atoms with Gasteiger partial charge < -0.3 is 20.7 Å². The van der Waals surface area contributed by atoms with E-state index in [1.54, 1.807) is 24.3 Å². The van der Waals surface area contributed by atoms with Crippen LogP contribution in [0.1, 0.15) is 35.7 Å². The monoisotopic (exact) mass is 507 g/mol. The summed E-state index contributed by atoms with van der Waals surface area (Å²) >= 11 is 6.83. The summed E-state index contributed by atoms with van der Waals surface area (Å²) in [5.41, 5.74) is 4.03. The van der Waals surface area contributed by atoms with Crippen LogP contribution in [-0.4, -0.2) is 29.3 Å². The number of esters is 1. The van der Waals surface area contributed by atoms with Crippen molar-refractivity contribution < 1.29 is 14.3 Å². The van der Waals surface area contributed by atoms with E-state index in [9.17, 15) is 9.59 Å². The minimum absolute atomic E-state index is 0.136. The number of hydrogen-bond acceptors (Lipinski definition) is 5. The van der Waals surface area contributed by atoms with Crippen molar-refractivity contribution in [1.82, 2.24) is 0 Å². The fraction of sp³-hybridized carbons (Fsp3) is 0.222. The minimum Gasteiger partial charge on any atom is -0.462 e. The lowest BCUT2D eigenvalue weighted by atomic mass is 10.2. The Morgan fingerprint density at radius 3 is 2.26 bits per heavy atom. The molecule has 0 aliphatic heterocycles. The first-order valence-corrected chi connectivity index (χ1v) is 12.8. The number of ether oxygens (including phenoxy) is 1. The number of unbranched alkanes of at least 4 members (excludes halogenated alkanes) is 1. The van der Waals surface area contributed by atoms with E-state index in [1.165, 1.54) is 17.3 Å². The van der Waals surface area contributed by atoms with E-state index in [2.05, 4.69) is 16.0 Å². The molecule has 0 aliphatic rings. The first kappa shape index (κ1) is 26.2. The van der Waals surface area contributed by atoms with E-state index in [-0.39, 0.29) is 17.6 Å². The van der Waals surface area contributed by atoms with Crippen LogP contribution in [0.25, 0.3) is 0 Å². The van der Waals surface area contributed by atoms with Crippen LogP contribution < -0.4 is 16.0 Å². The highest BCUT2D eigenvalue weighted by atomic mass is 32.2. The quantitative estimate of drug-likeness (QED) is 0.125. The maximum Gasteiger partial charge on any atom is 0.338 e. The topological polar surface area (TPSA) is 79.5 Å². The van der Waals surface area contributed by atoms with Crippen molar-refractivity contribution in [3.63, 3.8) is 0 Å². The van der Waals surface area contributed by atoms with Crippen molar-refractivity contribution in [2.24, 2.45) is 0 Å². The molecule has 0 atom stereocenters. The smallest absolute Gasteiger partial charge is 0.338 e. The SMILES string of the molecule is CCCCOC(=O)c1ccc(NC(=O)CSc2cccc(NC(=S)Nc3ccc(C)cc3)c2)cc1. The van der Waals surface area contributed by atoms with Gasteiger partial charge in [0.2, 0.25) is 5.91 Å². The number of hydrogen-bond donors (Lipinski definition) is 3. The zero-order chi connectivity index (χ0) is 25.0. The first-order valence-electron chi connectivity index (χ1n) is 11.4. The average molecular weight is 508 g/mol. The summed E-state index contributed by atoms with van der Waals surface area (Å²) in [5.74, 6) is -0.242. The Labute approximate surface area is 215 Å². The Morgan fingerprint density at radius 2 is 1.54 bits per heavy atom. The fourth-order valence-electron chi connectivity index (χ4n) is 3.02. The van der Waals surface area contributed by atoms with Gasteiger partial charge in [-0.1, -0.05) is 37.1 Å². The molecular formula is C27H29N3O3S2. The zero-order valence-corrected chi connectivity index (χ0v) is 21.4. The summed E-state index contributed by atoms with van der Waals surface area (Å²) in [6.07, 6.45) is 1.81. The molecule has 182 valence electrons. The van der Waals surface area contributed by atoms with Crippen molar-refractivity contribution in [2.75, 3.05) is 28.3 Å². The number of benzene rings is 3. The highest BCUT2D eigenvalue weighted by Crippen LogP contribution is 2.22. The lowest BCUT2D eigenvalue weighted by molar-refractivity contribution is -0.113. The molecule has 0 saturated carbocycles. The third-order valence-electron chi connectivity index (χ3n) is 4.91. The van der Waals surface area contributed by atoms with Crippen LogP contribution in [-0.2, 0) is 9.53 Å². The molecule has 0 unspecified atom stereocenters. The number of nitrogens with one attached hydrogen (secondary N) is 3. The number of rotatable bonds is 10. The second-order valence-corrected chi connectivity index (χ2v) is 9.33. The van der Waals surface area contributed by atoms with Crippen molar-refractivity contribution in [2.45, 2.75) is 31.6 Å². The minimum atomic E-state index is -0.353. The molecule has 3 rings (SSSR count). The van der Waals surface area contributed by atoms with E-state index in [0.29, 0.717) is 23.0 Å². The lowest BCUT2D eigenvalue weighted by Crippen LogP contribution is -2.19. The highest BCUT2D eigenvalue weighted by Gasteiger charge is 2.09. The summed E-state index contributed by atoms with van der Waals surface area (Å²) in [6.45, 7) is 4.49. The van der Waals surface area contributed by atoms with Gasteiger partial charge in [-0.15, -0.1) is 11.8 Å². The zero-order valence-electron chi connectivity index (χ0n) is 19.8. The molecule has 0 fully saturated rings. The molecule has 0 aliphatic carbocycles. The number of amides is 1. The third kappa shape index (κ3) is 9.07. The molecule has 0 aromatic heterocycles. The van der Waals surface area contributed by atoms with Crippen LogP contribution in [0.5, 0.6) is 0 Å². The largest absolute Gasteiger partial charge is 0.462 e. The number of aryl methyl sites for hydroxylation is 1. The molecule has 0 saturated heterocycles. The molecule has 3 aromatic rings. The molecule has 35 heavy (non-hydrogen) atoms. The number of thiocarbonyl (C=S) groups is 1. The van der Waals surface area contributed by atoms with Gasteiger partial charge in [-0.05, 0) is 80.2 Å². The predicted octanol–water partition coefficient (Wildman–Crippen LogP) is 6.49. The Kier molecular flexibility index (Phi) is 10.1. The molecule has 6 nitrogen and oxygen atoms in total. The van der Waals surface area contributed by atoms with E-state index in [1.807, 2.05) is 62.4 Å². The summed E-state index contributed by atoms with van der Waals surface area (Å²) < 4.78 is 5.20. The summed E-state index contributed by atoms with van der Waals surface area (Å²) in [4.78, 5) is 25.3. The Bertz CT molecular complexity index is 1150. The number of carbonyl (C=O) groups excluding carboxylic acids is 2. The summed E-state index contributed by atoms with van der Waals surface area (Å²) in [7, 11) is 0. The molecule has 0 radical (unpaired) electrons. The van der Waals surface area contributed by atoms with Crippen LogP contribution in [0.2, 0.25) is 0 Å². The van der Waals surface area contributed by atoms with E-state index in [4.69, 9.17) is 17.0 Å². The van der Waals surface area contributed by atoms with E-state index < -0.39 is 0 Å². The molecule has 3 aromatic carbocycles. The van der Waals surface area contributed by atoms with Crippen LogP contribution in [0.3, 0.4) is 0 Å². The lowest BCUT2D eigenvalue weighted by Gasteiger charge is -2.12. The van der Waals surface area contributed by atoms with Crippen molar-refractivity contribution in [1.29, 1.82) is 0 Å². The van der Waals surface area contributed by atoms with Gasteiger partial charge in [-0.2, -0.15) is 0 Å². The molecule has 0 heterocycles. The average Bonchev–Trinajstić information content (AvgIpc) is 2.85. The van der Waals surface area contributed by atoms with Crippen LogP contribution in [0.15, 0.2) is 77.7 Å².